The number of nitrogens with zero attached hydrogens (tertiary/aromatic N) is 2. The van der Waals surface area contributed by atoms with Crippen LogP contribution >= 0.6 is 11.3 Å². The summed E-state index contributed by atoms with van der Waals surface area (Å²) in [5, 5.41) is 6.52. The predicted octanol–water partition coefficient (Wildman–Crippen LogP) is 4.11. The lowest BCUT2D eigenvalue weighted by Crippen LogP contribution is -2.48. The minimum Gasteiger partial charge on any atom is -0.309 e. The molecule has 0 aliphatic heterocycles. The van der Waals surface area contributed by atoms with Gasteiger partial charge in [0, 0.05) is 22.8 Å². The normalized spacial score (nSPS) is 13.8. The molecular formula is C19H27N3OS. The molecule has 5 heteroatoms. The third-order valence-corrected chi connectivity index (χ3v) is 5.47. The molecule has 1 heterocycles. The van der Waals surface area contributed by atoms with Crippen molar-refractivity contribution >= 4 is 22.9 Å². The Morgan fingerprint density at radius 1 is 1.33 bits per heavy atom. The van der Waals surface area contributed by atoms with Crippen LogP contribution in [-0.2, 0) is 10.3 Å². The first-order valence-electron chi connectivity index (χ1n) is 8.42. The van der Waals surface area contributed by atoms with Gasteiger partial charge in [0.05, 0.1) is 12.1 Å². The van der Waals surface area contributed by atoms with Crippen LogP contribution in [0.25, 0.3) is 0 Å². The molecule has 1 aromatic heterocycles. The minimum absolute atomic E-state index is 0.0733. The van der Waals surface area contributed by atoms with Crippen LogP contribution in [0.1, 0.15) is 44.8 Å². The smallest absolute Gasteiger partial charge is 0.241 e. The number of carbonyl (C=O) groups is 1. The summed E-state index contributed by atoms with van der Waals surface area (Å²) in [4.78, 5) is 19.3. The van der Waals surface area contributed by atoms with Crippen LogP contribution in [-0.4, -0.2) is 23.5 Å². The summed E-state index contributed by atoms with van der Waals surface area (Å²) in [7, 11) is 0. The number of amides is 1. The maximum absolute atomic E-state index is 12.8. The monoisotopic (exact) mass is 345 g/mol. The molecule has 0 unspecified atom stereocenters. The third kappa shape index (κ3) is 4.22. The van der Waals surface area contributed by atoms with Crippen LogP contribution in [0.4, 0.5) is 5.69 Å². The zero-order valence-corrected chi connectivity index (χ0v) is 16.0. The van der Waals surface area contributed by atoms with Gasteiger partial charge in [0.2, 0.25) is 5.91 Å². The molecule has 24 heavy (non-hydrogen) atoms. The number of hydrogen-bond donors (Lipinski definition) is 1. The van der Waals surface area contributed by atoms with Gasteiger partial charge in [-0.15, -0.1) is 11.3 Å². The number of anilines is 1. The highest BCUT2D eigenvalue weighted by molar-refractivity contribution is 7.09. The van der Waals surface area contributed by atoms with Gasteiger partial charge in [-0.3, -0.25) is 10.1 Å². The summed E-state index contributed by atoms with van der Waals surface area (Å²) in [6.07, 6.45) is 0.875. The molecule has 0 bridgehead atoms. The van der Waals surface area contributed by atoms with E-state index in [1.54, 1.807) is 11.3 Å². The van der Waals surface area contributed by atoms with Crippen molar-refractivity contribution in [3.63, 3.8) is 0 Å². The van der Waals surface area contributed by atoms with Gasteiger partial charge in [-0.05, 0) is 46.2 Å². The van der Waals surface area contributed by atoms with E-state index in [2.05, 4.69) is 29.5 Å². The van der Waals surface area contributed by atoms with E-state index in [1.807, 2.05) is 56.0 Å². The van der Waals surface area contributed by atoms with Gasteiger partial charge in [-0.25, -0.2) is 4.98 Å². The van der Waals surface area contributed by atoms with E-state index in [4.69, 9.17) is 0 Å². The van der Waals surface area contributed by atoms with Crippen molar-refractivity contribution in [2.75, 3.05) is 11.4 Å². The summed E-state index contributed by atoms with van der Waals surface area (Å²) < 4.78 is 0. The highest BCUT2D eigenvalue weighted by Gasteiger charge is 2.29. The Bertz CT molecular complexity index is 668. The molecule has 0 saturated heterocycles. The molecule has 1 atom stereocenters. The van der Waals surface area contributed by atoms with Gasteiger partial charge in [0.25, 0.3) is 0 Å². The lowest BCUT2D eigenvalue weighted by atomic mass is 10.00. The van der Waals surface area contributed by atoms with Crippen LogP contribution in [0.5, 0.6) is 0 Å². The number of rotatable bonds is 7. The molecule has 0 saturated carbocycles. The zero-order chi connectivity index (χ0) is 17.7. The second-order valence-electron chi connectivity index (χ2n) is 6.53. The predicted molar refractivity (Wildman–Crippen MR) is 102 cm³/mol. The first-order valence-corrected chi connectivity index (χ1v) is 9.30. The zero-order valence-electron chi connectivity index (χ0n) is 15.2. The largest absolute Gasteiger partial charge is 0.309 e. The summed E-state index contributed by atoms with van der Waals surface area (Å²) in [6.45, 7) is 10.6. The quantitative estimate of drug-likeness (QED) is 0.821. The van der Waals surface area contributed by atoms with Gasteiger partial charge in [0.1, 0.15) is 5.01 Å². The van der Waals surface area contributed by atoms with Crippen molar-refractivity contribution < 1.29 is 4.79 Å². The van der Waals surface area contributed by atoms with E-state index in [0.717, 1.165) is 22.8 Å². The average Bonchev–Trinajstić information content (AvgIpc) is 3.00. The average molecular weight is 346 g/mol. The van der Waals surface area contributed by atoms with Crippen molar-refractivity contribution in [3.05, 3.63) is 46.4 Å². The van der Waals surface area contributed by atoms with Gasteiger partial charge in [-0.1, -0.05) is 25.1 Å². The number of aryl methyl sites for hydroxylation is 1. The molecular weight excluding hydrogens is 318 g/mol. The Kier molecular flexibility index (Phi) is 6.13. The highest BCUT2D eigenvalue weighted by atomic mass is 32.1. The summed E-state index contributed by atoms with van der Waals surface area (Å²) in [5.74, 6) is 0.0733. The van der Waals surface area contributed by atoms with Crippen molar-refractivity contribution in [2.24, 2.45) is 0 Å². The molecule has 130 valence electrons. The number of nitrogens with one attached hydrogen (secondary N) is 1. The number of aromatic nitrogens is 1. The Morgan fingerprint density at radius 2 is 2.00 bits per heavy atom. The number of thiazole rings is 1. The van der Waals surface area contributed by atoms with Gasteiger partial charge >= 0.3 is 0 Å². The molecule has 2 aromatic rings. The topological polar surface area (TPSA) is 45.2 Å². The van der Waals surface area contributed by atoms with E-state index in [0.29, 0.717) is 0 Å². The van der Waals surface area contributed by atoms with Gasteiger partial charge < -0.3 is 4.90 Å². The molecule has 0 spiro atoms. The van der Waals surface area contributed by atoms with E-state index in [-0.39, 0.29) is 24.0 Å². The number of benzene rings is 1. The number of para-hydroxylation sites is 1. The Labute approximate surface area is 148 Å². The number of hydrogen-bond acceptors (Lipinski definition) is 4. The molecule has 1 amide bonds. The molecule has 0 radical (unpaired) electrons. The van der Waals surface area contributed by atoms with Crippen LogP contribution in [0, 0.1) is 6.92 Å². The van der Waals surface area contributed by atoms with Crippen LogP contribution in [0.15, 0.2) is 35.7 Å². The molecule has 0 fully saturated rings. The van der Waals surface area contributed by atoms with Gasteiger partial charge in [0.15, 0.2) is 0 Å². The fourth-order valence-corrected chi connectivity index (χ4v) is 3.64. The van der Waals surface area contributed by atoms with Crippen LogP contribution in [0.3, 0.4) is 0 Å². The minimum atomic E-state index is -0.284. The lowest BCUT2D eigenvalue weighted by Gasteiger charge is -2.31. The molecule has 1 aromatic carbocycles. The molecule has 0 aliphatic rings. The Hall–Kier alpha value is -1.72. The standard InChI is InChI=1S/C19H27N3OS/c1-6-19(5,18-21-15(4)13-24-18)20-12-17(23)22(14(2)3)16-10-8-7-9-11-16/h7-11,13-14,20H,6,12H2,1-5H3/t19-/m0/s1. The van der Waals surface area contributed by atoms with Crippen molar-refractivity contribution in [2.45, 2.75) is 52.6 Å². The van der Waals surface area contributed by atoms with E-state index >= 15 is 0 Å². The van der Waals surface area contributed by atoms with Crippen molar-refractivity contribution in [3.8, 4) is 0 Å². The summed E-state index contributed by atoms with van der Waals surface area (Å²) >= 11 is 1.65. The SMILES string of the molecule is CC[C@](C)(NCC(=O)N(c1ccccc1)C(C)C)c1nc(C)cs1. The first-order chi connectivity index (χ1) is 11.4. The second kappa shape index (κ2) is 7.90. The van der Waals surface area contributed by atoms with Crippen molar-refractivity contribution in [1.29, 1.82) is 0 Å². The van der Waals surface area contributed by atoms with E-state index < -0.39 is 0 Å². The van der Waals surface area contributed by atoms with Crippen LogP contribution < -0.4 is 10.2 Å². The highest BCUT2D eigenvalue weighted by Crippen LogP contribution is 2.27. The lowest BCUT2D eigenvalue weighted by molar-refractivity contribution is -0.118. The molecule has 0 aliphatic carbocycles. The van der Waals surface area contributed by atoms with E-state index in [1.165, 1.54) is 0 Å². The maximum Gasteiger partial charge on any atom is 0.241 e. The fraction of sp³-hybridized carbons (Fsp3) is 0.474. The molecule has 2 rings (SSSR count). The summed E-state index contributed by atoms with van der Waals surface area (Å²) in [6, 6.07) is 9.93. The van der Waals surface area contributed by atoms with Crippen molar-refractivity contribution in [1.82, 2.24) is 10.3 Å². The fourth-order valence-electron chi connectivity index (χ4n) is 2.63. The molecule has 1 N–H and O–H groups in total. The Balaban J connectivity index is 2.12. The van der Waals surface area contributed by atoms with E-state index in [9.17, 15) is 4.79 Å². The number of carbonyl (C=O) groups excluding carboxylic acids is 1. The second-order valence-corrected chi connectivity index (χ2v) is 7.38. The summed E-state index contributed by atoms with van der Waals surface area (Å²) in [5.41, 5.74) is 1.67. The first kappa shape index (κ1) is 18.6. The maximum atomic E-state index is 12.8. The third-order valence-electron chi connectivity index (χ3n) is 4.25. The molecule has 4 nitrogen and oxygen atoms in total. The Morgan fingerprint density at radius 3 is 2.50 bits per heavy atom. The van der Waals surface area contributed by atoms with Gasteiger partial charge in [-0.2, -0.15) is 0 Å². The van der Waals surface area contributed by atoms with Crippen LogP contribution in [0.2, 0.25) is 0 Å².